The zero-order valence-electron chi connectivity index (χ0n) is 12.6. The third-order valence-corrected chi connectivity index (χ3v) is 3.45. The molecule has 1 unspecified atom stereocenters. The Hall–Kier alpha value is -2.32. The number of aromatic nitrogens is 2. The van der Waals surface area contributed by atoms with E-state index in [0.717, 1.165) is 22.8 Å². The molecule has 0 aliphatic heterocycles. The van der Waals surface area contributed by atoms with Crippen LogP contribution in [0.25, 0.3) is 5.69 Å². The van der Waals surface area contributed by atoms with Crippen molar-refractivity contribution in [2.24, 2.45) is 5.92 Å². The predicted molar refractivity (Wildman–Crippen MR) is 82.3 cm³/mol. The summed E-state index contributed by atoms with van der Waals surface area (Å²) >= 11 is 0. The molecular formula is C16H20N4O. The Morgan fingerprint density at radius 3 is 2.62 bits per heavy atom. The standard InChI is InChI=1S/C16H20N4O/c1-12(9-17)10-19(3)16-15(11-21)13(2)18-20(16)14-7-5-4-6-8-14/h4-8,12,21H,10-11H2,1-3H3. The van der Waals surface area contributed by atoms with Crippen molar-refractivity contribution in [3.05, 3.63) is 41.6 Å². The van der Waals surface area contributed by atoms with Crippen molar-refractivity contribution in [1.82, 2.24) is 9.78 Å². The number of benzene rings is 1. The molecule has 1 heterocycles. The van der Waals surface area contributed by atoms with Crippen LogP contribution in [0.2, 0.25) is 0 Å². The minimum Gasteiger partial charge on any atom is -0.391 e. The fourth-order valence-electron chi connectivity index (χ4n) is 2.41. The quantitative estimate of drug-likeness (QED) is 0.914. The molecule has 110 valence electrons. The molecule has 0 radical (unpaired) electrons. The van der Waals surface area contributed by atoms with E-state index in [1.165, 1.54) is 0 Å². The molecule has 0 saturated heterocycles. The van der Waals surface area contributed by atoms with Crippen LogP contribution in [-0.4, -0.2) is 28.5 Å². The van der Waals surface area contributed by atoms with Crippen molar-refractivity contribution < 1.29 is 5.11 Å². The SMILES string of the molecule is Cc1nn(-c2ccccc2)c(N(C)CC(C)C#N)c1CO. The lowest BCUT2D eigenvalue weighted by atomic mass is 10.2. The Kier molecular flexibility index (Phi) is 4.61. The van der Waals surface area contributed by atoms with Gasteiger partial charge >= 0.3 is 0 Å². The lowest BCUT2D eigenvalue weighted by molar-refractivity contribution is 0.281. The second-order valence-electron chi connectivity index (χ2n) is 5.20. The molecule has 0 spiro atoms. The maximum atomic E-state index is 9.65. The van der Waals surface area contributed by atoms with Crippen LogP contribution in [0.15, 0.2) is 30.3 Å². The molecule has 1 atom stereocenters. The van der Waals surface area contributed by atoms with E-state index in [0.29, 0.717) is 6.54 Å². The van der Waals surface area contributed by atoms with Gasteiger partial charge in [-0.05, 0) is 26.0 Å². The van der Waals surface area contributed by atoms with E-state index in [1.807, 2.05) is 60.8 Å². The Balaban J connectivity index is 2.50. The minimum absolute atomic E-state index is 0.0702. The van der Waals surface area contributed by atoms with E-state index in [9.17, 15) is 5.11 Å². The van der Waals surface area contributed by atoms with Gasteiger partial charge < -0.3 is 10.0 Å². The highest BCUT2D eigenvalue weighted by Crippen LogP contribution is 2.27. The molecule has 0 amide bonds. The van der Waals surface area contributed by atoms with Gasteiger partial charge in [0.1, 0.15) is 5.82 Å². The van der Waals surface area contributed by atoms with Crippen LogP contribution in [0.3, 0.4) is 0 Å². The molecule has 2 aromatic rings. The van der Waals surface area contributed by atoms with Crippen LogP contribution in [0.5, 0.6) is 0 Å². The third kappa shape index (κ3) is 3.06. The van der Waals surface area contributed by atoms with Gasteiger partial charge in [-0.25, -0.2) is 4.68 Å². The van der Waals surface area contributed by atoms with Gasteiger partial charge in [-0.3, -0.25) is 0 Å². The fraction of sp³-hybridized carbons (Fsp3) is 0.375. The maximum absolute atomic E-state index is 9.65. The third-order valence-electron chi connectivity index (χ3n) is 3.45. The maximum Gasteiger partial charge on any atom is 0.137 e. The van der Waals surface area contributed by atoms with E-state index in [-0.39, 0.29) is 12.5 Å². The number of nitrogens with zero attached hydrogens (tertiary/aromatic N) is 4. The summed E-state index contributed by atoms with van der Waals surface area (Å²) in [5, 5.41) is 23.2. The van der Waals surface area contributed by atoms with Gasteiger partial charge in [-0.1, -0.05) is 18.2 Å². The molecule has 0 aliphatic rings. The molecule has 21 heavy (non-hydrogen) atoms. The lowest BCUT2D eigenvalue weighted by Crippen LogP contribution is -2.26. The summed E-state index contributed by atoms with van der Waals surface area (Å²) in [5.74, 6) is 0.740. The van der Waals surface area contributed by atoms with Crippen molar-refractivity contribution in [2.45, 2.75) is 20.5 Å². The molecule has 2 rings (SSSR count). The molecule has 5 heteroatoms. The number of hydrogen-bond donors (Lipinski definition) is 1. The predicted octanol–water partition coefficient (Wildman–Crippen LogP) is 2.27. The highest BCUT2D eigenvalue weighted by Gasteiger charge is 2.20. The number of rotatable bonds is 5. The van der Waals surface area contributed by atoms with Gasteiger partial charge in [0.15, 0.2) is 0 Å². The van der Waals surface area contributed by atoms with E-state index < -0.39 is 0 Å². The molecule has 0 fully saturated rings. The normalized spacial score (nSPS) is 12.0. The van der Waals surface area contributed by atoms with Crippen molar-refractivity contribution in [3.63, 3.8) is 0 Å². The van der Waals surface area contributed by atoms with E-state index in [1.54, 1.807) is 0 Å². The first kappa shape index (κ1) is 15.1. The van der Waals surface area contributed by atoms with Gasteiger partial charge in [0.25, 0.3) is 0 Å². The molecule has 0 saturated carbocycles. The van der Waals surface area contributed by atoms with Crippen LogP contribution in [0.1, 0.15) is 18.2 Å². The first-order chi connectivity index (χ1) is 10.1. The van der Waals surface area contributed by atoms with Crippen LogP contribution >= 0.6 is 0 Å². The van der Waals surface area contributed by atoms with Crippen molar-refractivity contribution in [2.75, 3.05) is 18.5 Å². The number of aryl methyl sites for hydroxylation is 1. The highest BCUT2D eigenvalue weighted by molar-refractivity contribution is 5.54. The van der Waals surface area contributed by atoms with Crippen molar-refractivity contribution in [3.8, 4) is 11.8 Å². The second-order valence-corrected chi connectivity index (χ2v) is 5.20. The summed E-state index contributed by atoms with van der Waals surface area (Å²) in [6, 6.07) is 12.0. The van der Waals surface area contributed by atoms with Gasteiger partial charge in [0.2, 0.25) is 0 Å². The second kappa shape index (κ2) is 6.42. The number of aliphatic hydroxyl groups is 1. The van der Waals surface area contributed by atoms with Crippen LogP contribution in [-0.2, 0) is 6.61 Å². The summed E-state index contributed by atoms with van der Waals surface area (Å²) in [6.07, 6.45) is 0. The van der Waals surface area contributed by atoms with Crippen LogP contribution in [0, 0.1) is 24.2 Å². The van der Waals surface area contributed by atoms with Crippen molar-refractivity contribution in [1.29, 1.82) is 5.26 Å². The molecule has 0 bridgehead atoms. The van der Waals surface area contributed by atoms with Gasteiger partial charge in [-0.15, -0.1) is 0 Å². The van der Waals surface area contributed by atoms with Gasteiger partial charge in [0.05, 0.1) is 30.0 Å². The Morgan fingerprint density at radius 1 is 1.38 bits per heavy atom. The number of nitriles is 1. The fourth-order valence-corrected chi connectivity index (χ4v) is 2.41. The van der Waals surface area contributed by atoms with Crippen LogP contribution < -0.4 is 4.90 Å². The summed E-state index contributed by atoms with van der Waals surface area (Å²) < 4.78 is 1.82. The average molecular weight is 284 g/mol. The zero-order chi connectivity index (χ0) is 15.4. The zero-order valence-corrected chi connectivity index (χ0v) is 12.6. The Morgan fingerprint density at radius 2 is 2.05 bits per heavy atom. The molecule has 1 N–H and O–H groups in total. The first-order valence-corrected chi connectivity index (χ1v) is 6.94. The smallest absolute Gasteiger partial charge is 0.137 e. The number of para-hydroxylation sites is 1. The Bertz CT molecular complexity index is 642. The molecule has 0 aliphatic carbocycles. The largest absolute Gasteiger partial charge is 0.391 e. The minimum atomic E-state index is -0.0963. The van der Waals surface area contributed by atoms with Crippen LogP contribution in [0.4, 0.5) is 5.82 Å². The van der Waals surface area contributed by atoms with E-state index in [2.05, 4.69) is 11.2 Å². The monoisotopic (exact) mass is 284 g/mol. The summed E-state index contributed by atoms with van der Waals surface area (Å²) in [7, 11) is 1.92. The number of hydrogen-bond acceptors (Lipinski definition) is 4. The Labute approximate surface area is 125 Å². The molecule has 5 nitrogen and oxygen atoms in total. The number of aliphatic hydroxyl groups excluding tert-OH is 1. The van der Waals surface area contributed by atoms with Crippen molar-refractivity contribution >= 4 is 5.82 Å². The summed E-state index contributed by atoms with van der Waals surface area (Å²) in [4.78, 5) is 1.98. The van der Waals surface area contributed by atoms with E-state index >= 15 is 0 Å². The van der Waals surface area contributed by atoms with Gasteiger partial charge in [0, 0.05) is 19.2 Å². The average Bonchev–Trinajstić information content (AvgIpc) is 2.84. The lowest BCUT2D eigenvalue weighted by Gasteiger charge is -2.22. The summed E-state index contributed by atoms with van der Waals surface area (Å²) in [6.45, 7) is 4.28. The molecule has 1 aromatic carbocycles. The van der Waals surface area contributed by atoms with Gasteiger partial charge in [-0.2, -0.15) is 10.4 Å². The van der Waals surface area contributed by atoms with E-state index in [4.69, 9.17) is 5.26 Å². The summed E-state index contributed by atoms with van der Waals surface area (Å²) in [5.41, 5.74) is 2.53. The topological polar surface area (TPSA) is 65.1 Å². The highest BCUT2D eigenvalue weighted by atomic mass is 16.3. The molecular weight excluding hydrogens is 264 g/mol. The molecule has 1 aromatic heterocycles. The number of anilines is 1. The first-order valence-electron chi connectivity index (χ1n) is 6.94.